The van der Waals surface area contributed by atoms with Crippen LogP contribution in [0.5, 0.6) is 0 Å². The second-order valence-electron chi connectivity index (χ2n) is 3.28. The first-order valence-corrected chi connectivity index (χ1v) is 6.28. The standard InChI is InChI=1S/C11H10BrNO2S/c1-7(4-11(14)15)16-9-3-2-8(6-13)10(12)5-9/h2-3,5,7H,4H2,1H3,(H,14,15). The third-order valence-corrected chi connectivity index (χ3v) is 3.61. The molecule has 1 aromatic rings. The molecule has 3 nitrogen and oxygen atoms in total. The van der Waals surface area contributed by atoms with E-state index >= 15 is 0 Å². The number of carboxylic acid groups (broad SMARTS) is 1. The quantitative estimate of drug-likeness (QED) is 0.867. The second kappa shape index (κ2) is 5.92. The Bertz CT molecular complexity index is 442. The molecule has 0 aliphatic rings. The number of thioether (sulfide) groups is 1. The molecule has 0 aliphatic heterocycles. The van der Waals surface area contributed by atoms with Crippen molar-refractivity contribution in [3.8, 4) is 6.07 Å². The van der Waals surface area contributed by atoms with Crippen LogP contribution < -0.4 is 0 Å². The third kappa shape index (κ3) is 3.87. The number of hydrogen-bond acceptors (Lipinski definition) is 3. The van der Waals surface area contributed by atoms with Crippen molar-refractivity contribution >= 4 is 33.7 Å². The lowest BCUT2D eigenvalue weighted by Gasteiger charge is -2.08. The normalized spacial score (nSPS) is 11.8. The topological polar surface area (TPSA) is 61.1 Å². The number of nitriles is 1. The van der Waals surface area contributed by atoms with E-state index in [-0.39, 0.29) is 11.7 Å². The maximum Gasteiger partial charge on any atom is 0.304 e. The molecule has 16 heavy (non-hydrogen) atoms. The van der Waals surface area contributed by atoms with Crippen LogP contribution in [0.2, 0.25) is 0 Å². The van der Waals surface area contributed by atoms with Gasteiger partial charge in [-0.2, -0.15) is 5.26 Å². The Labute approximate surface area is 107 Å². The predicted molar refractivity (Wildman–Crippen MR) is 66.4 cm³/mol. The average molecular weight is 300 g/mol. The van der Waals surface area contributed by atoms with Gasteiger partial charge in [0, 0.05) is 14.6 Å². The molecule has 1 N–H and O–H groups in total. The summed E-state index contributed by atoms with van der Waals surface area (Å²) >= 11 is 4.78. The van der Waals surface area contributed by atoms with E-state index in [1.807, 2.05) is 19.1 Å². The molecule has 84 valence electrons. The maximum atomic E-state index is 10.5. The van der Waals surface area contributed by atoms with Crippen LogP contribution in [0.4, 0.5) is 0 Å². The van der Waals surface area contributed by atoms with Crippen LogP contribution in [0, 0.1) is 11.3 Å². The zero-order chi connectivity index (χ0) is 12.1. The smallest absolute Gasteiger partial charge is 0.304 e. The summed E-state index contributed by atoms with van der Waals surface area (Å²) in [4.78, 5) is 11.5. The van der Waals surface area contributed by atoms with Crippen LogP contribution in [0.3, 0.4) is 0 Å². The van der Waals surface area contributed by atoms with Gasteiger partial charge in [0.15, 0.2) is 0 Å². The Kier molecular flexibility index (Phi) is 4.84. The third-order valence-electron chi connectivity index (χ3n) is 1.86. The van der Waals surface area contributed by atoms with Crippen LogP contribution in [-0.4, -0.2) is 16.3 Å². The van der Waals surface area contributed by atoms with Gasteiger partial charge in [0.25, 0.3) is 0 Å². The van der Waals surface area contributed by atoms with Crippen LogP contribution in [0.1, 0.15) is 18.9 Å². The van der Waals surface area contributed by atoms with Crippen LogP contribution in [-0.2, 0) is 4.79 Å². The number of carbonyl (C=O) groups is 1. The van der Waals surface area contributed by atoms with Crippen molar-refractivity contribution in [1.29, 1.82) is 5.26 Å². The highest BCUT2D eigenvalue weighted by Gasteiger charge is 2.10. The largest absolute Gasteiger partial charge is 0.481 e. The zero-order valence-corrected chi connectivity index (χ0v) is 11.0. The van der Waals surface area contributed by atoms with Gasteiger partial charge >= 0.3 is 5.97 Å². The van der Waals surface area contributed by atoms with Crippen LogP contribution in [0.25, 0.3) is 0 Å². The molecule has 0 fully saturated rings. The van der Waals surface area contributed by atoms with Gasteiger partial charge in [-0.05, 0) is 34.1 Å². The van der Waals surface area contributed by atoms with E-state index in [1.165, 1.54) is 11.8 Å². The molecule has 1 atom stereocenters. The van der Waals surface area contributed by atoms with Gasteiger partial charge in [-0.25, -0.2) is 0 Å². The highest BCUT2D eigenvalue weighted by atomic mass is 79.9. The van der Waals surface area contributed by atoms with E-state index in [0.717, 1.165) is 9.37 Å². The van der Waals surface area contributed by atoms with Crippen LogP contribution in [0.15, 0.2) is 27.6 Å². The monoisotopic (exact) mass is 299 g/mol. The molecule has 1 aromatic carbocycles. The molecule has 0 saturated heterocycles. The summed E-state index contributed by atoms with van der Waals surface area (Å²) in [6.45, 7) is 1.87. The Morgan fingerprint density at radius 1 is 1.69 bits per heavy atom. The lowest BCUT2D eigenvalue weighted by Crippen LogP contribution is -2.05. The number of rotatable bonds is 4. The molecule has 1 unspecified atom stereocenters. The van der Waals surface area contributed by atoms with Gasteiger partial charge in [-0.15, -0.1) is 11.8 Å². The molecule has 0 amide bonds. The van der Waals surface area contributed by atoms with Crippen molar-refractivity contribution in [3.05, 3.63) is 28.2 Å². The van der Waals surface area contributed by atoms with E-state index in [9.17, 15) is 4.79 Å². The summed E-state index contributed by atoms with van der Waals surface area (Å²) in [6.07, 6.45) is 0.127. The van der Waals surface area contributed by atoms with Crippen molar-refractivity contribution < 1.29 is 9.90 Å². The van der Waals surface area contributed by atoms with Crippen molar-refractivity contribution in [2.24, 2.45) is 0 Å². The molecule has 0 heterocycles. The zero-order valence-electron chi connectivity index (χ0n) is 8.61. The average Bonchev–Trinajstić information content (AvgIpc) is 2.16. The number of aliphatic carboxylic acids is 1. The van der Waals surface area contributed by atoms with E-state index in [1.54, 1.807) is 6.07 Å². The van der Waals surface area contributed by atoms with Gasteiger partial charge in [0.2, 0.25) is 0 Å². The van der Waals surface area contributed by atoms with Gasteiger partial charge < -0.3 is 5.11 Å². The number of nitrogens with zero attached hydrogens (tertiary/aromatic N) is 1. The Morgan fingerprint density at radius 3 is 2.88 bits per heavy atom. The van der Waals surface area contributed by atoms with Crippen molar-refractivity contribution in [3.63, 3.8) is 0 Å². The fourth-order valence-corrected chi connectivity index (χ4v) is 2.82. The van der Waals surface area contributed by atoms with E-state index in [0.29, 0.717) is 5.56 Å². The predicted octanol–water partition coefficient (Wildman–Crippen LogP) is 3.28. The minimum absolute atomic E-state index is 0.0114. The molecular weight excluding hydrogens is 290 g/mol. The molecular formula is C11H10BrNO2S. The molecule has 0 saturated carbocycles. The molecule has 0 radical (unpaired) electrons. The minimum atomic E-state index is -0.798. The Hall–Kier alpha value is -0.990. The fourth-order valence-electron chi connectivity index (χ4n) is 1.18. The summed E-state index contributed by atoms with van der Waals surface area (Å²) in [5.74, 6) is -0.798. The maximum absolute atomic E-state index is 10.5. The highest BCUT2D eigenvalue weighted by Crippen LogP contribution is 2.29. The number of halogens is 1. The number of carboxylic acids is 1. The second-order valence-corrected chi connectivity index (χ2v) is 5.65. The summed E-state index contributed by atoms with van der Waals surface area (Å²) in [7, 11) is 0. The summed E-state index contributed by atoms with van der Waals surface area (Å²) in [5.41, 5.74) is 0.579. The lowest BCUT2D eigenvalue weighted by molar-refractivity contribution is -0.136. The number of hydrogen-bond donors (Lipinski definition) is 1. The Balaban J connectivity index is 2.72. The Morgan fingerprint density at radius 2 is 2.38 bits per heavy atom. The van der Waals surface area contributed by atoms with Crippen molar-refractivity contribution in [1.82, 2.24) is 0 Å². The summed E-state index contributed by atoms with van der Waals surface area (Å²) < 4.78 is 0.738. The SMILES string of the molecule is CC(CC(=O)O)Sc1ccc(C#N)c(Br)c1. The number of benzene rings is 1. The van der Waals surface area contributed by atoms with Gasteiger partial charge in [0.1, 0.15) is 6.07 Å². The minimum Gasteiger partial charge on any atom is -0.481 e. The van der Waals surface area contributed by atoms with E-state index in [4.69, 9.17) is 10.4 Å². The lowest BCUT2D eigenvalue weighted by atomic mass is 10.2. The van der Waals surface area contributed by atoms with Crippen LogP contribution >= 0.6 is 27.7 Å². The van der Waals surface area contributed by atoms with Crippen molar-refractivity contribution in [2.75, 3.05) is 0 Å². The molecule has 5 heteroatoms. The molecule has 0 bridgehead atoms. The van der Waals surface area contributed by atoms with E-state index in [2.05, 4.69) is 22.0 Å². The molecule has 0 spiro atoms. The first-order chi connectivity index (χ1) is 7.52. The first kappa shape index (κ1) is 13.1. The summed E-state index contributed by atoms with van der Waals surface area (Å²) in [5, 5.41) is 17.4. The van der Waals surface area contributed by atoms with Crippen molar-refractivity contribution in [2.45, 2.75) is 23.5 Å². The van der Waals surface area contributed by atoms with Gasteiger partial charge in [-0.1, -0.05) is 6.92 Å². The molecule has 0 aliphatic carbocycles. The molecule has 0 aromatic heterocycles. The highest BCUT2D eigenvalue weighted by molar-refractivity contribution is 9.10. The first-order valence-electron chi connectivity index (χ1n) is 4.61. The van der Waals surface area contributed by atoms with Gasteiger partial charge in [-0.3, -0.25) is 4.79 Å². The fraction of sp³-hybridized carbons (Fsp3) is 0.273. The summed E-state index contributed by atoms with van der Waals surface area (Å²) in [6, 6.07) is 7.44. The van der Waals surface area contributed by atoms with Gasteiger partial charge in [0.05, 0.1) is 12.0 Å². The van der Waals surface area contributed by atoms with E-state index < -0.39 is 5.97 Å². The molecule has 1 rings (SSSR count).